The van der Waals surface area contributed by atoms with Crippen molar-refractivity contribution in [3.8, 4) is 50.5 Å². The summed E-state index contributed by atoms with van der Waals surface area (Å²) in [6.45, 7) is 2.08. The van der Waals surface area contributed by atoms with E-state index in [2.05, 4.69) is 35.1 Å². The van der Waals surface area contributed by atoms with Crippen LogP contribution < -0.4 is 0 Å². The van der Waals surface area contributed by atoms with Crippen LogP contribution in [0.3, 0.4) is 0 Å². The maximum atomic E-state index is 10.5. The zero-order valence-electron chi connectivity index (χ0n) is 21.4. The molecule has 0 aliphatic carbocycles. The molecule has 194 valence electrons. The van der Waals surface area contributed by atoms with Gasteiger partial charge < -0.3 is 5.11 Å². The monoisotopic (exact) mass is 686 g/mol. The van der Waals surface area contributed by atoms with Crippen molar-refractivity contribution in [2.75, 3.05) is 0 Å². The fraction of sp³-hybridized carbons (Fsp3) is 0.0286. The van der Waals surface area contributed by atoms with Gasteiger partial charge >= 0.3 is 0 Å². The molecule has 0 spiro atoms. The van der Waals surface area contributed by atoms with E-state index in [1.165, 1.54) is 5.56 Å². The van der Waals surface area contributed by atoms with Gasteiger partial charge in [0.1, 0.15) is 5.75 Å². The summed E-state index contributed by atoms with van der Waals surface area (Å²) >= 11 is 0. The minimum Gasteiger partial charge on any atom is -0.507 e. The Kier molecular flexibility index (Phi) is 9.56. The molecule has 6 rings (SSSR count). The number of hydrogen-bond acceptors (Lipinski definition) is 3. The van der Waals surface area contributed by atoms with E-state index in [4.69, 9.17) is 0 Å². The number of benzene rings is 4. The second-order valence-electron chi connectivity index (χ2n) is 8.85. The third-order valence-corrected chi connectivity index (χ3v) is 6.10. The van der Waals surface area contributed by atoms with Crippen LogP contribution in [0.5, 0.6) is 5.75 Å². The SMILES string of the molecule is Cc1cc(-c2ccccn2)[c-]c(-c2ccccn2)c1.Oc1c(-c2ccccc2)cccc1-c1ccccc1.[Pt]. The van der Waals surface area contributed by atoms with Crippen molar-refractivity contribution < 1.29 is 26.2 Å². The minimum atomic E-state index is 0. The quantitative estimate of drug-likeness (QED) is 0.189. The summed E-state index contributed by atoms with van der Waals surface area (Å²) in [5.41, 5.74) is 8.83. The zero-order valence-corrected chi connectivity index (χ0v) is 23.7. The van der Waals surface area contributed by atoms with Crippen molar-refractivity contribution in [3.05, 3.63) is 151 Å². The molecule has 4 aromatic carbocycles. The first kappa shape index (κ1) is 27.7. The van der Waals surface area contributed by atoms with Gasteiger partial charge in [0, 0.05) is 56.0 Å². The van der Waals surface area contributed by atoms with Crippen molar-refractivity contribution in [3.63, 3.8) is 0 Å². The molecule has 0 aliphatic heterocycles. The Bertz CT molecular complexity index is 1490. The smallest absolute Gasteiger partial charge is 0.131 e. The minimum absolute atomic E-state index is 0. The molecule has 1 N–H and O–H groups in total. The molecule has 0 atom stereocenters. The number of hydrogen-bond donors (Lipinski definition) is 1. The van der Waals surface area contributed by atoms with E-state index in [9.17, 15) is 5.11 Å². The molecule has 0 saturated heterocycles. The summed E-state index contributed by atoms with van der Waals surface area (Å²) in [4.78, 5) is 8.75. The maximum Gasteiger partial charge on any atom is 0.131 e. The van der Waals surface area contributed by atoms with Gasteiger partial charge in [-0.05, 0) is 23.3 Å². The van der Waals surface area contributed by atoms with Gasteiger partial charge in [-0.2, -0.15) is 0 Å². The number of aromatic nitrogens is 2. The standard InChI is InChI=1S/C18H14O.C17H13N2.Pt/c19-18-16(14-8-3-1-4-9-14)12-7-13-17(18)15-10-5-2-6-11-15;1-13-10-14(16-6-2-4-8-18-16)12-15(11-13)17-7-3-5-9-19-17;/h1-13,19H;2-11H,1H3;/q;-1;. The molecule has 39 heavy (non-hydrogen) atoms. The third kappa shape index (κ3) is 6.96. The molecule has 3 nitrogen and oxygen atoms in total. The largest absolute Gasteiger partial charge is 0.507 e. The first-order chi connectivity index (χ1) is 18.7. The van der Waals surface area contributed by atoms with E-state index in [1.807, 2.05) is 115 Å². The fourth-order valence-corrected chi connectivity index (χ4v) is 4.28. The van der Waals surface area contributed by atoms with Gasteiger partial charge in [0.25, 0.3) is 0 Å². The third-order valence-electron chi connectivity index (χ3n) is 6.10. The predicted octanol–water partition coefficient (Wildman–Crippen LogP) is 8.64. The van der Waals surface area contributed by atoms with Crippen molar-refractivity contribution in [2.45, 2.75) is 6.92 Å². The van der Waals surface area contributed by atoms with Crippen molar-refractivity contribution in [1.82, 2.24) is 9.97 Å². The average molecular weight is 687 g/mol. The number of pyridine rings is 2. The molecule has 0 saturated carbocycles. The summed E-state index contributed by atoms with van der Waals surface area (Å²) in [6.07, 6.45) is 3.60. The molecule has 6 aromatic rings. The fourth-order valence-electron chi connectivity index (χ4n) is 4.28. The van der Waals surface area contributed by atoms with Crippen LogP contribution in [-0.4, -0.2) is 15.1 Å². The van der Waals surface area contributed by atoms with E-state index in [0.717, 1.165) is 44.8 Å². The second-order valence-corrected chi connectivity index (χ2v) is 8.85. The van der Waals surface area contributed by atoms with Crippen LogP contribution in [0.2, 0.25) is 0 Å². The molecule has 0 radical (unpaired) electrons. The number of phenols is 1. The van der Waals surface area contributed by atoms with E-state index in [1.54, 1.807) is 12.4 Å². The molecule has 4 heteroatoms. The number of para-hydroxylation sites is 1. The summed E-state index contributed by atoms with van der Waals surface area (Å²) in [7, 11) is 0. The topological polar surface area (TPSA) is 46.0 Å². The van der Waals surface area contributed by atoms with Gasteiger partial charge in [-0.15, -0.1) is 23.8 Å². The maximum absolute atomic E-state index is 10.5. The van der Waals surface area contributed by atoms with Crippen LogP contribution in [0.1, 0.15) is 5.56 Å². The summed E-state index contributed by atoms with van der Waals surface area (Å²) in [6, 6.07) is 45.1. The summed E-state index contributed by atoms with van der Waals surface area (Å²) in [5.74, 6) is 0.333. The number of phenolic OH excluding ortho intramolecular Hbond substituents is 1. The molecule has 0 fully saturated rings. The Morgan fingerprint density at radius 2 is 0.974 bits per heavy atom. The Balaban J connectivity index is 0.000000176. The molecular weight excluding hydrogens is 659 g/mol. The van der Waals surface area contributed by atoms with Crippen LogP contribution in [0.15, 0.2) is 140 Å². The Hall–Kier alpha value is -4.33. The number of nitrogens with zero attached hydrogens (tertiary/aromatic N) is 2. The van der Waals surface area contributed by atoms with E-state index < -0.39 is 0 Å². The number of aryl methyl sites for hydroxylation is 1. The van der Waals surface area contributed by atoms with Crippen LogP contribution in [0.4, 0.5) is 0 Å². The van der Waals surface area contributed by atoms with Gasteiger partial charge in [-0.1, -0.05) is 121 Å². The number of rotatable bonds is 4. The van der Waals surface area contributed by atoms with Crippen molar-refractivity contribution in [2.24, 2.45) is 0 Å². The molecule has 0 unspecified atom stereocenters. The van der Waals surface area contributed by atoms with Gasteiger partial charge in [0.05, 0.1) is 0 Å². The van der Waals surface area contributed by atoms with E-state index in [0.29, 0.717) is 5.75 Å². The Morgan fingerprint density at radius 3 is 1.38 bits per heavy atom. The van der Waals surface area contributed by atoms with Gasteiger partial charge in [-0.25, -0.2) is 0 Å². The molecule has 0 bridgehead atoms. The van der Waals surface area contributed by atoms with Crippen LogP contribution in [0.25, 0.3) is 44.8 Å². The van der Waals surface area contributed by atoms with Crippen LogP contribution in [0, 0.1) is 13.0 Å². The van der Waals surface area contributed by atoms with Crippen LogP contribution in [-0.2, 0) is 21.1 Å². The van der Waals surface area contributed by atoms with E-state index in [-0.39, 0.29) is 21.1 Å². The second kappa shape index (κ2) is 13.5. The molecule has 2 heterocycles. The normalized spacial score (nSPS) is 10.1. The van der Waals surface area contributed by atoms with E-state index >= 15 is 0 Å². The Labute approximate surface area is 244 Å². The first-order valence-electron chi connectivity index (χ1n) is 12.5. The Morgan fingerprint density at radius 1 is 0.538 bits per heavy atom. The van der Waals surface area contributed by atoms with Crippen molar-refractivity contribution >= 4 is 0 Å². The summed E-state index contributed by atoms with van der Waals surface area (Å²) in [5, 5.41) is 10.5. The van der Waals surface area contributed by atoms with Crippen LogP contribution >= 0.6 is 0 Å². The first-order valence-corrected chi connectivity index (χ1v) is 12.5. The van der Waals surface area contributed by atoms with Crippen molar-refractivity contribution in [1.29, 1.82) is 0 Å². The average Bonchev–Trinajstić information content (AvgIpc) is 2.99. The molecule has 0 aliphatic rings. The molecule has 2 aromatic heterocycles. The summed E-state index contributed by atoms with van der Waals surface area (Å²) < 4.78 is 0. The van der Waals surface area contributed by atoms with Gasteiger partial charge in [-0.3, -0.25) is 9.97 Å². The van der Waals surface area contributed by atoms with Gasteiger partial charge in [0.15, 0.2) is 0 Å². The number of aromatic hydroxyl groups is 1. The zero-order chi connectivity index (χ0) is 26.2. The van der Waals surface area contributed by atoms with Gasteiger partial charge in [0.2, 0.25) is 0 Å². The predicted molar refractivity (Wildman–Crippen MR) is 155 cm³/mol. The molecule has 0 amide bonds. The molecular formula is C35H27N2OPt-.